The highest BCUT2D eigenvalue weighted by atomic mass is 35.5. The lowest BCUT2D eigenvalue weighted by Crippen LogP contribution is -2.46. The summed E-state index contributed by atoms with van der Waals surface area (Å²) >= 11 is 6.57. The number of aliphatic hydroxyl groups is 1. The summed E-state index contributed by atoms with van der Waals surface area (Å²) < 4.78 is 6.85. The first-order valence-electron chi connectivity index (χ1n) is 17.4. The number of aliphatic hydroxyl groups excluding tert-OH is 1. The Morgan fingerprint density at radius 3 is 2.58 bits per heavy atom. The van der Waals surface area contributed by atoms with Gasteiger partial charge in [0.05, 0.1) is 48.8 Å². The molecule has 2 N–H and O–H groups in total. The van der Waals surface area contributed by atoms with Crippen LogP contribution in [0, 0.1) is 5.92 Å². The Bertz CT molecular complexity index is 1850. The van der Waals surface area contributed by atoms with Gasteiger partial charge in [-0.2, -0.15) is 5.10 Å². The molecule has 0 unspecified atom stereocenters. The summed E-state index contributed by atoms with van der Waals surface area (Å²) in [5, 5.41) is 16.5. The third-order valence-corrected chi connectivity index (χ3v) is 13.6. The van der Waals surface area contributed by atoms with Crippen molar-refractivity contribution in [3.8, 4) is 0 Å². The predicted molar refractivity (Wildman–Crippen MR) is 194 cm³/mol. The molecular weight excluding hydrogens is 672 g/mol. The Balaban J connectivity index is 1.21. The Morgan fingerprint density at radius 1 is 1.06 bits per heavy atom. The van der Waals surface area contributed by atoms with Gasteiger partial charge in [0.1, 0.15) is 0 Å². The second kappa shape index (κ2) is 13.4. The van der Waals surface area contributed by atoms with Crippen molar-refractivity contribution >= 4 is 54.7 Å². The van der Waals surface area contributed by atoms with Gasteiger partial charge in [0.2, 0.25) is 11.8 Å². The van der Waals surface area contributed by atoms with Crippen LogP contribution in [0.1, 0.15) is 55.7 Å². The fourth-order valence-corrected chi connectivity index (χ4v) is 11.3. The number of fused-ring (bicyclic) bond motifs is 2. The van der Waals surface area contributed by atoms with Crippen LogP contribution in [0.2, 0.25) is 23.7 Å². The number of anilines is 2. The van der Waals surface area contributed by atoms with Crippen molar-refractivity contribution in [2.75, 3.05) is 23.1 Å². The molecule has 262 valence electrons. The fourth-order valence-electron chi connectivity index (χ4n) is 8.61. The Labute approximate surface area is 298 Å². The van der Waals surface area contributed by atoms with Crippen LogP contribution >= 0.6 is 11.6 Å². The molecule has 50 heavy (non-hydrogen) atoms. The van der Waals surface area contributed by atoms with Gasteiger partial charge in [0.15, 0.2) is 13.9 Å². The quantitative estimate of drug-likeness (QED) is 0.294. The van der Waals surface area contributed by atoms with Crippen molar-refractivity contribution in [1.82, 2.24) is 4.90 Å². The number of ether oxygens (including phenoxy) is 1. The van der Waals surface area contributed by atoms with Gasteiger partial charge in [0.25, 0.3) is 5.91 Å². The summed E-state index contributed by atoms with van der Waals surface area (Å²) in [6, 6.07) is 22.4. The minimum atomic E-state index is -3.00. The standard InChI is InChI=1S/C38H43ClN4O6Si/c1-24-36(50(2,3)48)33(21-35(46)41-18-8-13-29(41)23-44)49-38(24)30-20-27(39)14-16-32(30)42(37(38)47)22-25-9-7-12-28(19-25)43-34(45)17-15-31(40-43)26-10-5-4-6-11-26/h4-7,9-12,14,16,19-20,24,29,33,36,44,48H,8,13,15,17-18,21-23H2,1-3H3/t24-,29+,33+,36-,38+/m1/s1. The molecule has 4 aliphatic rings. The highest BCUT2D eigenvalue weighted by Crippen LogP contribution is 2.60. The van der Waals surface area contributed by atoms with E-state index in [0.717, 1.165) is 29.7 Å². The summed E-state index contributed by atoms with van der Waals surface area (Å²) in [4.78, 5) is 56.6. The number of carbonyl (C=O) groups excluding carboxylic acids is 3. The Hall–Kier alpha value is -3.87. The number of carbonyl (C=O) groups is 3. The number of hydrazone groups is 1. The fraction of sp³-hybridized carbons (Fsp3) is 0.421. The smallest absolute Gasteiger partial charge is 0.264 e. The molecule has 0 aliphatic carbocycles. The molecule has 5 atom stereocenters. The van der Waals surface area contributed by atoms with Gasteiger partial charge in [-0.05, 0) is 67.4 Å². The van der Waals surface area contributed by atoms with Crippen molar-refractivity contribution in [1.29, 1.82) is 0 Å². The van der Waals surface area contributed by atoms with Crippen molar-refractivity contribution in [2.24, 2.45) is 11.0 Å². The van der Waals surface area contributed by atoms with E-state index in [9.17, 15) is 24.3 Å². The molecule has 10 nitrogen and oxygen atoms in total. The number of likely N-dealkylation sites (tertiary alicyclic amines) is 1. The lowest BCUT2D eigenvalue weighted by Gasteiger charge is -2.33. The van der Waals surface area contributed by atoms with Crippen LogP contribution in [-0.4, -0.2) is 71.9 Å². The molecule has 1 spiro atoms. The van der Waals surface area contributed by atoms with Crippen LogP contribution in [0.15, 0.2) is 77.9 Å². The summed E-state index contributed by atoms with van der Waals surface area (Å²) in [7, 11) is -3.00. The van der Waals surface area contributed by atoms with Crippen molar-refractivity contribution in [2.45, 2.75) is 82.0 Å². The maximum absolute atomic E-state index is 14.9. The van der Waals surface area contributed by atoms with E-state index in [4.69, 9.17) is 21.4 Å². The number of nitrogens with zero attached hydrogens (tertiary/aromatic N) is 4. The van der Waals surface area contributed by atoms with Gasteiger partial charge < -0.3 is 24.4 Å². The largest absolute Gasteiger partial charge is 0.432 e. The van der Waals surface area contributed by atoms with E-state index < -0.39 is 31.5 Å². The molecule has 0 radical (unpaired) electrons. The van der Waals surface area contributed by atoms with Crippen LogP contribution in [-0.2, 0) is 31.3 Å². The normalized spacial score (nSPS) is 26.6. The SMILES string of the molecule is C[C@@H]1[C@@H]([Si](C)(C)O)[C@H](CC(=O)N2CCC[C@H]2CO)O[C@@]12C(=O)N(Cc1cccc(N3N=C(c4ccccc4)CCC3=O)c1)c1ccc(Cl)cc12. The number of hydrogen-bond donors (Lipinski definition) is 2. The first-order chi connectivity index (χ1) is 23.9. The van der Waals surface area contributed by atoms with Gasteiger partial charge in [-0.3, -0.25) is 14.4 Å². The Morgan fingerprint density at radius 2 is 1.84 bits per heavy atom. The average Bonchev–Trinajstić information content (AvgIpc) is 3.76. The highest BCUT2D eigenvalue weighted by Gasteiger charge is 2.66. The minimum Gasteiger partial charge on any atom is -0.432 e. The predicted octanol–water partition coefficient (Wildman–Crippen LogP) is 5.59. The third kappa shape index (κ3) is 5.98. The van der Waals surface area contributed by atoms with Gasteiger partial charge in [0, 0.05) is 41.4 Å². The van der Waals surface area contributed by atoms with Crippen molar-refractivity contribution in [3.05, 3.63) is 94.5 Å². The lowest BCUT2D eigenvalue weighted by molar-refractivity contribution is -0.150. The molecule has 3 amide bonds. The first-order valence-corrected chi connectivity index (χ1v) is 20.8. The zero-order valence-electron chi connectivity index (χ0n) is 28.6. The molecule has 2 saturated heterocycles. The molecule has 3 aromatic carbocycles. The van der Waals surface area contributed by atoms with Gasteiger partial charge in [-0.15, -0.1) is 0 Å². The molecule has 2 fully saturated rings. The van der Waals surface area contributed by atoms with Crippen LogP contribution in [0.4, 0.5) is 11.4 Å². The zero-order chi connectivity index (χ0) is 35.4. The monoisotopic (exact) mass is 714 g/mol. The van der Waals surface area contributed by atoms with Crippen LogP contribution < -0.4 is 9.91 Å². The van der Waals surface area contributed by atoms with Gasteiger partial charge in [-0.1, -0.05) is 61.0 Å². The average molecular weight is 715 g/mol. The molecule has 0 aromatic heterocycles. The number of benzene rings is 3. The van der Waals surface area contributed by atoms with Crippen LogP contribution in [0.5, 0.6) is 0 Å². The molecule has 12 heteroatoms. The molecule has 0 saturated carbocycles. The molecule has 0 bridgehead atoms. The zero-order valence-corrected chi connectivity index (χ0v) is 30.3. The van der Waals surface area contributed by atoms with Crippen LogP contribution in [0.3, 0.4) is 0 Å². The molecule has 7 rings (SSSR count). The topological polar surface area (TPSA) is 123 Å². The van der Waals surface area contributed by atoms with Crippen molar-refractivity contribution < 1.29 is 29.0 Å². The summed E-state index contributed by atoms with van der Waals surface area (Å²) in [6.45, 7) is 6.24. The first kappa shape index (κ1) is 34.6. The second-order valence-corrected chi connectivity index (χ2v) is 18.9. The lowest BCUT2D eigenvalue weighted by atomic mass is 9.82. The second-order valence-electron chi connectivity index (χ2n) is 14.5. The van der Waals surface area contributed by atoms with E-state index in [1.807, 2.05) is 80.7 Å². The van der Waals surface area contributed by atoms with E-state index in [2.05, 4.69) is 0 Å². The minimum absolute atomic E-state index is 0.00478. The van der Waals surface area contributed by atoms with E-state index in [1.165, 1.54) is 5.01 Å². The highest BCUT2D eigenvalue weighted by molar-refractivity contribution is 6.71. The van der Waals surface area contributed by atoms with E-state index in [0.29, 0.717) is 41.3 Å². The van der Waals surface area contributed by atoms with Gasteiger partial charge >= 0.3 is 0 Å². The van der Waals surface area contributed by atoms with Gasteiger partial charge in [-0.25, -0.2) is 5.01 Å². The number of amides is 3. The molecule has 3 aromatic rings. The van der Waals surface area contributed by atoms with E-state index in [1.54, 1.807) is 21.9 Å². The third-order valence-electron chi connectivity index (χ3n) is 10.9. The maximum atomic E-state index is 14.9. The van der Waals surface area contributed by atoms with E-state index >= 15 is 0 Å². The Kier molecular flexibility index (Phi) is 9.23. The van der Waals surface area contributed by atoms with E-state index in [-0.39, 0.29) is 43.3 Å². The maximum Gasteiger partial charge on any atom is 0.264 e. The molecular formula is C38H43ClN4O6Si. The summed E-state index contributed by atoms with van der Waals surface area (Å²) in [6.07, 6.45) is 1.75. The number of rotatable bonds is 8. The van der Waals surface area contributed by atoms with Crippen LogP contribution in [0.25, 0.3) is 0 Å². The van der Waals surface area contributed by atoms with Crippen molar-refractivity contribution in [3.63, 3.8) is 0 Å². The summed E-state index contributed by atoms with van der Waals surface area (Å²) in [5.74, 6) is -0.988. The summed E-state index contributed by atoms with van der Waals surface area (Å²) in [5.41, 5.74) is 2.59. The molecule has 4 heterocycles. The number of halogens is 1. The molecule has 4 aliphatic heterocycles. The number of hydrogen-bond acceptors (Lipinski definition) is 7.